The first kappa shape index (κ1) is 15.4. The summed E-state index contributed by atoms with van der Waals surface area (Å²) in [5.74, 6) is -0.724. The molecular formula is C17H18ClNO2. The molecular weight excluding hydrogens is 286 g/mol. The Morgan fingerprint density at radius 3 is 1.90 bits per heavy atom. The number of esters is 1. The number of hydrogen-bond donors (Lipinski definition) is 0. The molecule has 0 spiro atoms. The SMILES string of the molecule is COC(=O)C(c1ccc(Cl)cc1)c1ccc(N(C)C)cc1. The Morgan fingerprint density at radius 2 is 1.48 bits per heavy atom. The Kier molecular flexibility index (Phi) is 4.86. The standard InChI is InChI=1S/C17H18ClNO2/c1-19(2)15-10-6-13(7-11-15)16(17(20)21-3)12-4-8-14(18)9-5-12/h4-11,16H,1-3H3. The molecule has 0 fully saturated rings. The smallest absolute Gasteiger partial charge is 0.317 e. The predicted octanol–water partition coefficient (Wildman–Crippen LogP) is 3.71. The topological polar surface area (TPSA) is 29.5 Å². The molecule has 21 heavy (non-hydrogen) atoms. The Morgan fingerprint density at radius 1 is 1.00 bits per heavy atom. The van der Waals surface area contributed by atoms with E-state index in [1.165, 1.54) is 7.11 Å². The van der Waals surface area contributed by atoms with Gasteiger partial charge in [0.25, 0.3) is 0 Å². The van der Waals surface area contributed by atoms with Gasteiger partial charge >= 0.3 is 5.97 Å². The van der Waals surface area contributed by atoms with Crippen LogP contribution in [0.2, 0.25) is 5.02 Å². The van der Waals surface area contributed by atoms with Crippen LogP contribution in [-0.2, 0) is 9.53 Å². The normalized spacial score (nSPS) is 11.8. The van der Waals surface area contributed by atoms with Gasteiger partial charge in [-0.25, -0.2) is 0 Å². The van der Waals surface area contributed by atoms with Gasteiger partial charge < -0.3 is 9.64 Å². The van der Waals surface area contributed by atoms with Crippen molar-refractivity contribution in [1.82, 2.24) is 0 Å². The van der Waals surface area contributed by atoms with Crippen molar-refractivity contribution in [1.29, 1.82) is 0 Å². The molecule has 2 aromatic rings. The number of rotatable bonds is 4. The zero-order valence-electron chi connectivity index (χ0n) is 12.3. The summed E-state index contributed by atoms with van der Waals surface area (Å²) in [4.78, 5) is 14.2. The molecule has 0 aliphatic rings. The molecule has 4 heteroatoms. The van der Waals surface area contributed by atoms with Gasteiger partial charge in [0.2, 0.25) is 0 Å². The van der Waals surface area contributed by atoms with Gasteiger partial charge in [-0.15, -0.1) is 0 Å². The number of carbonyl (C=O) groups is 1. The Labute approximate surface area is 130 Å². The van der Waals surface area contributed by atoms with Crippen molar-refractivity contribution in [2.24, 2.45) is 0 Å². The number of ether oxygens (including phenoxy) is 1. The monoisotopic (exact) mass is 303 g/mol. The second-order valence-electron chi connectivity index (χ2n) is 4.99. The highest BCUT2D eigenvalue weighted by Crippen LogP contribution is 2.28. The van der Waals surface area contributed by atoms with Crippen LogP contribution in [0.5, 0.6) is 0 Å². The third-order valence-electron chi connectivity index (χ3n) is 3.38. The van der Waals surface area contributed by atoms with Crippen LogP contribution < -0.4 is 4.90 Å². The first-order valence-corrected chi connectivity index (χ1v) is 7.01. The molecule has 0 saturated heterocycles. The van der Waals surface area contributed by atoms with E-state index in [1.807, 2.05) is 55.4 Å². The van der Waals surface area contributed by atoms with E-state index in [4.69, 9.17) is 16.3 Å². The molecule has 0 N–H and O–H groups in total. The molecule has 0 aliphatic heterocycles. The van der Waals surface area contributed by atoms with Crippen molar-refractivity contribution in [2.75, 3.05) is 26.1 Å². The average molecular weight is 304 g/mol. The molecule has 0 aliphatic carbocycles. The van der Waals surface area contributed by atoms with Gasteiger partial charge in [-0.05, 0) is 35.4 Å². The second kappa shape index (κ2) is 6.64. The molecule has 0 radical (unpaired) electrons. The van der Waals surface area contributed by atoms with E-state index in [9.17, 15) is 4.79 Å². The van der Waals surface area contributed by atoms with Crippen molar-refractivity contribution in [3.8, 4) is 0 Å². The van der Waals surface area contributed by atoms with Gasteiger partial charge in [-0.3, -0.25) is 4.79 Å². The molecule has 2 rings (SSSR count). The maximum atomic E-state index is 12.2. The lowest BCUT2D eigenvalue weighted by atomic mass is 9.91. The number of benzene rings is 2. The van der Waals surface area contributed by atoms with Crippen LogP contribution in [0.25, 0.3) is 0 Å². The lowest BCUT2D eigenvalue weighted by Crippen LogP contribution is -2.16. The van der Waals surface area contributed by atoms with Gasteiger partial charge in [-0.1, -0.05) is 35.9 Å². The minimum absolute atomic E-state index is 0.282. The summed E-state index contributed by atoms with van der Waals surface area (Å²) in [5.41, 5.74) is 2.84. The number of carbonyl (C=O) groups excluding carboxylic acids is 1. The zero-order chi connectivity index (χ0) is 15.4. The van der Waals surface area contributed by atoms with Crippen LogP contribution in [0, 0.1) is 0 Å². The van der Waals surface area contributed by atoms with Crippen LogP contribution in [0.3, 0.4) is 0 Å². The fraction of sp³-hybridized carbons (Fsp3) is 0.235. The third kappa shape index (κ3) is 3.56. The summed E-state index contributed by atoms with van der Waals surface area (Å²) < 4.78 is 4.95. The van der Waals surface area contributed by atoms with Gasteiger partial charge in [0.05, 0.1) is 7.11 Å². The van der Waals surface area contributed by atoms with Gasteiger partial charge in [0.1, 0.15) is 5.92 Å². The first-order valence-electron chi connectivity index (χ1n) is 6.63. The number of nitrogens with zero attached hydrogens (tertiary/aromatic N) is 1. The van der Waals surface area contributed by atoms with E-state index >= 15 is 0 Å². The highest BCUT2D eigenvalue weighted by molar-refractivity contribution is 6.30. The molecule has 2 aromatic carbocycles. The largest absolute Gasteiger partial charge is 0.468 e. The highest BCUT2D eigenvalue weighted by atomic mass is 35.5. The van der Waals surface area contributed by atoms with E-state index < -0.39 is 5.92 Å². The highest BCUT2D eigenvalue weighted by Gasteiger charge is 2.23. The molecule has 3 nitrogen and oxygen atoms in total. The quantitative estimate of drug-likeness (QED) is 0.806. The molecule has 1 unspecified atom stereocenters. The molecule has 1 atom stereocenters. The minimum atomic E-state index is -0.441. The maximum Gasteiger partial charge on any atom is 0.317 e. The number of methoxy groups -OCH3 is 1. The molecule has 0 amide bonds. The lowest BCUT2D eigenvalue weighted by Gasteiger charge is -2.18. The van der Waals surface area contributed by atoms with E-state index in [0.29, 0.717) is 5.02 Å². The first-order chi connectivity index (χ1) is 10.0. The predicted molar refractivity (Wildman–Crippen MR) is 86.1 cm³/mol. The van der Waals surface area contributed by atoms with E-state index in [2.05, 4.69) is 0 Å². The molecule has 0 bridgehead atoms. The van der Waals surface area contributed by atoms with Crippen molar-refractivity contribution < 1.29 is 9.53 Å². The van der Waals surface area contributed by atoms with E-state index in [-0.39, 0.29) is 5.97 Å². The third-order valence-corrected chi connectivity index (χ3v) is 3.64. The number of anilines is 1. The van der Waals surface area contributed by atoms with Crippen molar-refractivity contribution in [3.05, 3.63) is 64.7 Å². The second-order valence-corrected chi connectivity index (χ2v) is 5.43. The van der Waals surface area contributed by atoms with Gasteiger partial charge in [-0.2, -0.15) is 0 Å². The van der Waals surface area contributed by atoms with Gasteiger partial charge in [0, 0.05) is 24.8 Å². The van der Waals surface area contributed by atoms with E-state index in [0.717, 1.165) is 16.8 Å². The van der Waals surface area contributed by atoms with Crippen LogP contribution in [-0.4, -0.2) is 27.2 Å². The minimum Gasteiger partial charge on any atom is -0.468 e. The van der Waals surface area contributed by atoms with Crippen molar-refractivity contribution in [2.45, 2.75) is 5.92 Å². The van der Waals surface area contributed by atoms with Crippen molar-refractivity contribution in [3.63, 3.8) is 0 Å². The molecule has 110 valence electrons. The van der Waals surface area contributed by atoms with E-state index in [1.54, 1.807) is 12.1 Å². The fourth-order valence-electron chi connectivity index (χ4n) is 2.20. The van der Waals surface area contributed by atoms with Crippen LogP contribution >= 0.6 is 11.6 Å². The summed E-state index contributed by atoms with van der Waals surface area (Å²) in [5, 5.41) is 0.644. The molecule has 0 heterocycles. The molecule has 0 saturated carbocycles. The fourth-order valence-corrected chi connectivity index (χ4v) is 2.33. The summed E-state index contributed by atoms with van der Waals surface area (Å²) in [7, 11) is 5.36. The summed E-state index contributed by atoms with van der Waals surface area (Å²) in [6.45, 7) is 0. The van der Waals surface area contributed by atoms with Crippen LogP contribution in [0.15, 0.2) is 48.5 Å². The number of halogens is 1. The van der Waals surface area contributed by atoms with Crippen LogP contribution in [0.1, 0.15) is 17.0 Å². The molecule has 0 aromatic heterocycles. The Bertz CT molecular complexity index is 606. The maximum absolute atomic E-state index is 12.2. The summed E-state index contributed by atoms with van der Waals surface area (Å²) >= 11 is 5.91. The van der Waals surface area contributed by atoms with Gasteiger partial charge in [0.15, 0.2) is 0 Å². The Balaban J connectivity index is 2.40. The van der Waals surface area contributed by atoms with Crippen LogP contribution in [0.4, 0.5) is 5.69 Å². The summed E-state index contributed by atoms with van der Waals surface area (Å²) in [6, 6.07) is 15.1. The van der Waals surface area contributed by atoms with Crippen molar-refractivity contribution >= 4 is 23.3 Å². The Hall–Kier alpha value is -2.00. The number of hydrogen-bond acceptors (Lipinski definition) is 3. The average Bonchev–Trinajstić information content (AvgIpc) is 2.49. The summed E-state index contributed by atoms with van der Waals surface area (Å²) in [6.07, 6.45) is 0. The zero-order valence-corrected chi connectivity index (χ0v) is 13.1. The lowest BCUT2D eigenvalue weighted by molar-refractivity contribution is -0.141.